The van der Waals surface area contributed by atoms with Crippen molar-refractivity contribution in [3.8, 4) is 5.75 Å². The Bertz CT molecular complexity index is 786. The molecule has 2 aromatic carbocycles. The molecule has 0 spiro atoms. The van der Waals surface area contributed by atoms with Gasteiger partial charge in [-0.25, -0.2) is 0 Å². The molecule has 0 saturated heterocycles. The zero-order valence-electron chi connectivity index (χ0n) is 15.9. The van der Waals surface area contributed by atoms with Gasteiger partial charge in [-0.15, -0.1) is 0 Å². The summed E-state index contributed by atoms with van der Waals surface area (Å²) in [7, 11) is 0. The number of hydrogen-bond donors (Lipinski definition) is 2. The van der Waals surface area contributed by atoms with Gasteiger partial charge < -0.3 is 15.8 Å². The lowest BCUT2D eigenvalue weighted by molar-refractivity contribution is -0.124. The highest BCUT2D eigenvalue weighted by atomic mass is 16.5. The van der Waals surface area contributed by atoms with E-state index in [2.05, 4.69) is 36.5 Å². The van der Waals surface area contributed by atoms with Crippen LogP contribution in [0.2, 0.25) is 0 Å². The molecule has 2 aliphatic carbocycles. The summed E-state index contributed by atoms with van der Waals surface area (Å²) < 4.78 is 5.84. The molecule has 27 heavy (non-hydrogen) atoms. The van der Waals surface area contributed by atoms with Gasteiger partial charge in [0, 0.05) is 12.5 Å². The number of rotatable bonds is 8. The first-order valence-electron chi connectivity index (χ1n) is 9.88. The average Bonchev–Trinajstić information content (AvgIpc) is 3.59. The first kappa shape index (κ1) is 18.1. The van der Waals surface area contributed by atoms with Gasteiger partial charge >= 0.3 is 0 Å². The highest BCUT2D eigenvalue weighted by Gasteiger charge is 2.48. The highest BCUT2D eigenvalue weighted by Crippen LogP contribution is 2.48. The third kappa shape index (κ3) is 4.16. The highest BCUT2D eigenvalue weighted by molar-refractivity contribution is 5.83. The maximum atomic E-state index is 12.6. The molecular weight excluding hydrogens is 336 g/mol. The topological polar surface area (TPSA) is 64.3 Å². The van der Waals surface area contributed by atoms with Crippen LogP contribution in [-0.4, -0.2) is 18.0 Å². The smallest absolute Gasteiger partial charge is 0.224 e. The third-order valence-electron chi connectivity index (χ3n) is 5.99. The number of carbonyl (C=O) groups excluding carboxylic acids is 1. The Hall–Kier alpha value is -2.33. The standard InChI is InChI=1S/C23H28N2O2/c1-23(15-24,18-9-10-18)25-22(26)21-13-20(21)17-7-11-19(12-8-17)27-14-16-5-3-2-4-6-16/h2-8,11-12,18,20-21H,9-10,13-15,24H2,1H3,(H,25,26). The molecule has 0 aliphatic heterocycles. The number of nitrogens with two attached hydrogens (primary N) is 1. The van der Waals surface area contributed by atoms with E-state index in [1.165, 1.54) is 18.4 Å². The summed E-state index contributed by atoms with van der Waals surface area (Å²) in [5, 5.41) is 3.23. The minimum atomic E-state index is -0.237. The van der Waals surface area contributed by atoms with Gasteiger partial charge in [-0.1, -0.05) is 42.5 Å². The average molecular weight is 364 g/mol. The predicted molar refractivity (Wildman–Crippen MR) is 106 cm³/mol. The van der Waals surface area contributed by atoms with Crippen LogP contribution < -0.4 is 15.8 Å². The minimum absolute atomic E-state index is 0.0747. The van der Waals surface area contributed by atoms with Crippen molar-refractivity contribution in [1.82, 2.24) is 5.32 Å². The van der Waals surface area contributed by atoms with Crippen molar-refractivity contribution in [2.24, 2.45) is 17.6 Å². The molecule has 0 bridgehead atoms. The van der Waals surface area contributed by atoms with E-state index in [9.17, 15) is 4.79 Å². The lowest BCUT2D eigenvalue weighted by atomic mass is 9.95. The van der Waals surface area contributed by atoms with E-state index >= 15 is 0 Å². The molecular formula is C23H28N2O2. The van der Waals surface area contributed by atoms with Crippen LogP contribution in [0, 0.1) is 11.8 Å². The van der Waals surface area contributed by atoms with Gasteiger partial charge in [0.05, 0.1) is 5.54 Å². The Labute approximate surface area is 161 Å². The zero-order valence-corrected chi connectivity index (χ0v) is 15.9. The normalized spacial score (nSPS) is 23.3. The van der Waals surface area contributed by atoms with Crippen LogP contribution in [0.15, 0.2) is 54.6 Å². The zero-order chi connectivity index (χ0) is 18.9. The van der Waals surface area contributed by atoms with Crippen molar-refractivity contribution < 1.29 is 9.53 Å². The summed E-state index contributed by atoms with van der Waals surface area (Å²) in [5.74, 6) is 1.95. The van der Waals surface area contributed by atoms with Crippen molar-refractivity contribution in [3.05, 3.63) is 65.7 Å². The molecule has 3 unspecified atom stereocenters. The van der Waals surface area contributed by atoms with Gasteiger partial charge in [-0.3, -0.25) is 4.79 Å². The lowest BCUT2D eigenvalue weighted by Crippen LogP contribution is -2.53. The summed E-state index contributed by atoms with van der Waals surface area (Å²) >= 11 is 0. The van der Waals surface area contributed by atoms with Crippen molar-refractivity contribution in [3.63, 3.8) is 0 Å². The fourth-order valence-electron chi connectivity index (χ4n) is 3.82. The maximum absolute atomic E-state index is 12.6. The Balaban J connectivity index is 1.30. The Morgan fingerprint density at radius 1 is 1.15 bits per heavy atom. The molecule has 0 heterocycles. The quantitative estimate of drug-likeness (QED) is 0.752. The van der Waals surface area contributed by atoms with Gasteiger partial charge in [0.25, 0.3) is 0 Å². The lowest BCUT2D eigenvalue weighted by Gasteiger charge is -2.29. The van der Waals surface area contributed by atoms with E-state index in [1.54, 1.807) is 0 Å². The molecule has 1 amide bonds. The van der Waals surface area contributed by atoms with E-state index in [0.29, 0.717) is 25.0 Å². The fraction of sp³-hybridized carbons (Fsp3) is 0.435. The van der Waals surface area contributed by atoms with Gasteiger partial charge in [0.15, 0.2) is 0 Å². The van der Waals surface area contributed by atoms with Crippen LogP contribution >= 0.6 is 0 Å². The van der Waals surface area contributed by atoms with E-state index < -0.39 is 0 Å². The number of ether oxygens (including phenoxy) is 1. The molecule has 0 aromatic heterocycles. The largest absolute Gasteiger partial charge is 0.489 e. The summed E-state index contributed by atoms with van der Waals surface area (Å²) in [6.45, 7) is 3.15. The summed E-state index contributed by atoms with van der Waals surface area (Å²) in [6, 6.07) is 18.3. The number of amides is 1. The summed E-state index contributed by atoms with van der Waals surface area (Å²) in [4.78, 5) is 12.6. The SMILES string of the molecule is CC(CN)(NC(=O)C1CC1c1ccc(OCc2ccccc2)cc1)C1CC1. The molecule has 142 valence electrons. The van der Waals surface area contributed by atoms with Crippen LogP contribution in [-0.2, 0) is 11.4 Å². The van der Waals surface area contributed by atoms with Crippen molar-refractivity contribution in [2.45, 2.75) is 44.2 Å². The second kappa shape index (κ2) is 7.35. The molecule has 2 saturated carbocycles. The van der Waals surface area contributed by atoms with Gasteiger partial charge in [0.2, 0.25) is 5.91 Å². The number of hydrogen-bond acceptors (Lipinski definition) is 3. The van der Waals surface area contributed by atoms with Crippen molar-refractivity contribution in [1.29, 1.82) is 0 Å². The molecule has 2 aliphatic rings. The fourth-order valence-corrected chi connectivity index (χ4v) is 3.82. The molecule has 4 heteroatoms. The van der Waals surface area contributed by atoms with Gasteiger partial charge in [-0.05, 0) is 61.3 Å². The molecule has 2 aromatic rings. The second-order valence-corrected chi connectivity index (χ2v) is 8.18. The number of nitrogens with one attached hydrogen (secondary N) is 1. The summed E-state index contributed by atoms with van der Waals surface area (Å²) in [5.41, 5.74) is 8.05. The Morgan fingerprint density at radius 2 is 1.85 bits per heavy atom. The molecule has 3 N–H and O–H groups in total. The van der Waals surface area contributed by atoms with E-state index in [4.69, 9.17) is 10.5 Å². The molecule has 4 rings (SSSR count). The molecule has 0 radical (unpaired) electrons. The summed E-state index contributed by atoms with van der Waals surface area (Å²) in [6.07, 6.45) is 3.26. The molecule has 3 atom stereocenters. The van der Waals surface area contributed by atoms with Crippen LogP contribution in [0.4, 0.5) is 0 Å². The van der Waals surface area contributed by atoms with Crippen LogP contribution in [0.25, 0.3) is 0 Å². The first-order valence-corrected chi connectivity index (χ1v) is 9.88. The van der Waals surface area contributed by atoms with Gasteiger partial charge in [0.1, 0.15) is 12.4 Å². The number of carbonyl (C=O) groups is 1. The third-order valence-corrected chi connectivity index (χ3v) is 5.99. The second-order valence-electron chi connectivity index (χ2n) is 8.18. The minimum Gasteiger partial charge on any atom is -0.489 e. The molecule has 4 nitrogen and oxygen atoms in total. The van der Waals surface area contributed by atoms with Crippen LogP contribution in [0.3, 0.4) is 0 Å². The number of benzene rings is 2. The Morgan fingerprint density at radius 3 is 2.48 bits per heavy atom. The predicted octanol–water partition coefficient (Wildman–Crippen LogP) is 3.61. The van der Waals surface area contributed by atoms with E-state index in [0.717, 1.165) is 17.7 Å². The molecule has 2 fully saturated rings. The van der Waals surface area contributed by atoms with Crippen molar-refractivity contribution >= 4 is 5.91 Å². The van der Waals surface area contributed by atoms with E-state index in [-0.39, 0.29) is 17.4 Å². The van der Waals surface area contributed by atoms with E-state index in [1.807, 2.05) is 30.3 Å². The Kier molecular flexibility index (Phi) is 4.92. The van der Waals surface area contributed by atoms with Crippen LogP contribution in [0.1, 0.15) is 43.2 Å². The van der Waals surface area contributed by atoms with Crippen molar-refractivity contribution in [2.75, 3.05) is 6.54 Å². The monoisotopic (exact) mass is 364 g/mol. The van der Waals surface area contributed by atoms with Crippen LogP contribution in [0.5, 0.6) is 5.75 Å². The maximum Gasteiger partial charge on any atom is 0.224 e. The first-order chi connectivity index (χ1) is 13.1. The van der Waals surface area contributed by atoms with Gasteiger partial charge in [-0.2, -0.15) is 0 Å².